The molecule has 0 aliphatic rings. The van der Waals surface area contributed by atoms with Crippen molar-refractivity contribution >= 4 is 21.9 Å². The molecule has 8 rings (SSSR count). The first-order valence-electron chi connectivity index (χ1n) is 27.9. The second-order valence-corrected chi connectivity index (χ2v) is 11.7. The molecule has 51 heavy (non-hydrogen) atoms. The zero-order chi connectivity index (χ0) is 57.1. The van der Waals surface area contributed by atoms with Gasteiger partial charge in [-0.15, -0.1) is 47.5 Å². The molecule has 0 aliphatic carbocycles. The second-order valence-electron chi connectivity index (χ2n) is 11.7. The van der Waals surface area contributed by atoms with Crippen LogP contribution >= 0.6 is 0 Å². The largest absolute Gasteiger partial charge is 0.501 e. The summed E-state index contributed by atoms with van der Waals surface area (Å²) in [7, 11) is 0. The van der Waals surface area contributed by atoms with Gasteiger partial charge in [0.25, 0.3) is 0 Å². The molecule has 0 bridgehead atoms. The molecule has 0 atom stereocenters. The molecular weight excluding hydrogens is 801 g/mol. The molecule has 0 saturated carbocycles. The van der Waals surface area contributed by atoms with E-state index in [-0.39, 0.29) is 75.4 Å². The first kappa shape index (κ1) is 15.6. The minimum Gasteiger partial charge on any atom is -0.501 e. The third-order valence-electron chi connectivity index (χ3n) is 6.90. The number of fused-ring (bicyclic) bond motifs is 3. The number of furan rings is 1. The summed E-state index contributed by atoms with van der Waals surface area (Å²) in [6.45, 7) is -0.344. The summed E-state index contributed by atoms with van der Waals surface area (Å²) in [4.78, 5) is 8.11. The van der Waals surface area contributed by atoms with Crippen LogP contribution in [0.4, 0.5) is 0 Å². The standard InChI is InChI=1S/C28H24NO.C19H16N.Ir/c1-28(2,3)18-19-11-13-20(14-12-19)21-15-16-29-25(17-21)24-9-6-8-23-22-7-4-5-10-26(22)30-27(23)24;1-14-8-11-19(20-13-14)17-10-9-15(2)18(12-17)16-6-4-3-5-7-16;/h4-8,10-17H,18H2,1-3H3;3-9,11-13H,1-2H3;/q2*-1;/i4D,5D,6D,7D,8D,10D,11D,12D,13D,14D,15D,16D,17D,18D2;1D3,2D3,3D,4D,5D,6D,7D;. The summed E-state index contributed by atoms with van der Waals surface area (Å²) < 4.78 is 219. The van der Waals surface area contributed by atoms with E-state index in [0.717, 1.165) is 0 Å². The fraction of sp³-hybridized carbons (Fsp3) is 0.149. The summed E-state index contributed by atoms with van der Waals surface area (Å²) in [5.74, 6) is 0. The van der Waals surface area contributed by atoms with Crippen LogP contribution in [0.2, 0.25) is 0 Å². The Labute approximate surface area is 351 Å². The van der Waals surface area contributed by atoms with Crippen LogP contribution in [-0.2, 0) is 26.5 Å². The van der Waals surface area contributed by atoms with Crippen LogP contribution in [0, 0.1) is 31.3 Å². The van der Waals surface area contributed by atoms with Crippen LogP contribution in [0.15, 0.2) is 144 Å². The van der Waals surface area contributed by atoms with Gasteiger partial charge in [0.2, 0.25) is 0 Å². The molecule has 0 spiro atoms. The average molecular weight is 867 g/mol. The second kappa shape index (κ2) is 15.4. The summed E-state index contributed by atoms with van der Waals surface area (Å²) in [6, 6.07) is 0.163. The summed E-state index contributed by atoms with van der Waals surface area (Å²) >= 11 is 0. The van der Waals surface area contributed by atoms with E-state index in [1.54, 1.807) is 20.8 Å². The number of hydrogen-bond donors (Lipinski definition) is 0. The van der Waals surface area contributed by atoms with Gasteiger partial charge in [0.15, 0.2) is 0 Å². The fourth-order valence-electron chi connectivity index (χ4n) is 4.72. The smallest absolute Gasteiger partial charge is 0.120 e. The predicted octanol–water partition coefficient (Wildman–Crippen LogP) is 12.5. The van der Waals surface area contributed by atoms with Gasteiger partial charge in [0.05, 0.1) is 27.5 Å². The zero-order valence-corrected chi connectivity index (χ0v) is 29.4. The Bertz CT molecular complexity index is 3670. The molecule has 1 radical (unpaired) electrons. The average Bonchev–Trinajstić information content (AvgIpc) is 3.75. The normalized spacial score (nSPS) is 19.2. The molecule has 0 unspecified atom stereocenters. The third kappa shape index (κ3) is 8.26. The number of rotatable bonds is 5. The number of nitrogens with zero attached hydrogens (tertiary/aromatic N) is 2. The molecule has 3 aromatic heterocycles. The van der Waals surface area contributed by atoms with E-state index < -0.39 is 157 Å². The Hall–Kier alpha value is -5.15. The summed E-state index contributed by atoms with van der Waals surface area (Å²) in [5.41, 5.74) is -4.03. The monoisotopic (exact) mass is 867 g/mol. The molecule has 5 aromatic carbocycles. The van der Waals surface area contributed by atoms with Crippen molar-refractivity contribution in [2.24, 2.45) is 5.41 Å². The Morgan fingerprint density at radius 1 is 0.784 bits per heavy atom. The van der Waals surface area contributed by atoms with E-state index in [4.69, 9.17) is 40.1 Å². The first-order chi connectivity index (χ1) is 34.9. The van der Waals surface area contributed by atoms with E-state index in [1.807, 2.05) is 0 Å². The SMILES string of the molecule is [2H]c1[c-]c(-c2nc([2H])c([2H])c(-c3c([2H])c([2H])c(C([2H])([2H])C(C)(C)C)c([2H])c3[2H])c2[2H])c2oc3c([2H])c([2H])c([2H])c([2H])c3c2c1[2H].[2H]c1c([2H])c([2H])c(-c2cc(-c3ccc(C([2H])([2H])[2H])cn3)[c-]cc2C([2H])([2H])[2H])c([2H])c1[2H].[Ir]. The minimum absolute atomic E-state index is 0. The maximum absolute atomic E-state index is 9.02. The topological polar surface area (TPSA) is 38.9 Å². The summed E-state index contributed by atoms with van der Waals surface area (Å²) in [6.07, 6.45) is -1.90. The van der Waals surface area contributed by atoms with Gasteiger partial charge in [0, 0.05) is 50.2 Å². The Kier molecular flexibility index (Phi) is 4.71. The van der Waals surface area contributed by atoms with Crippen LogP contribution in [0.3, 0.4) is 0 Å². The van der Waals surface area contributed by atoms with Crippen LogP contribution < -0.4 is 0 Å². The molecule has 3 heterocycles. The van der Waals surface area contributed by atoms with Crippen LogP contribution in [0.5, 0.6) is 0 Å². The van der Waals surface area contributed by atoms with Crippen molar-refractivity contribution in [3.63, 3.8) is 0 Å². The van der Waals surface area contributed by atoms with E-state index >= 15 is 0 Å². The van der Waals surface area contributed by atoms with Crippen molar-refractivity contribution < 1.29 is 60.2 Å². The van der Waals surface area contributed by atoms with Crippen molar-refractivity contribution in [2.75, 3.05) is 0 Å². The van der Waals surface area contributed by atoms with Crippen molar-refractivity contribution in [3.8, 4) is 44.8 Å². The van der Waals surface area contributed by atoms with Gasteiger partial charge in [-0.3, -0.25) is 0 Å². The van der Waals surface area contributed by atoms with Gasteiger partial charge >= 0.3 is 0 Å². The van der Waals surface area contributed by atoms with Crippen LogP contribution in [0.1, 0.15) is 73.1 Å². The molecule has 0 N–H and O–H groups in total. The number of hydrogen-bond acceptors (Lipinski definition) is 3. The van der Waals surface area contributed by atoms with Gasteiger partial charge in [-0.2, -0.15) is 0 Å². The Balaban J connectivity index is 0.000000263. The van der Waals surface area contributed by atoms with Crippen molar-refractivity contribution in [1.29, 1.82) is 0 Å². The molecule has 3 nitrogen and oxygen atoms in total. The molecule has 0 saturated heterocycles. The maximum Gasteiger partial charge on any atom is 0.120 e. The third-order valence-corrected chi connectivity index (χ3v) is 6.90. The Morgan fingerprint density at radius 2 is 1.59 bits per heavy atom. The Morgan fingerprint density at radius 3 is 2.33 bits per heavy atom. The number of aromatic nitrogens is 2. The molecule has 0 amide bonds. The number of benzene rings is 5. The van der Waals surface area contributed by atoms with Gasteiger partial charge in [0.1, 0.15) is 5.58 Å². The van der Waals surface area contributed by atoms with Gasteiger partial charge in [-0.05, 0) is 71.3 Å². The number of para-hydroxylation sites is 1. The molecule has 4 heteroatoms. The molecule has 8 aromatic rings. The summed E-state index contributed by atoms with van der Waals surface area (Å²) in [5, 5.41) is -0.388. The zero-order valence-electron chi connectivity index (χ0n) is 53.0. The maximum atomic E-state index is 9.02. The fourth-order valence-corrected chi connectivity index (χ4v) is 4.72. The van der Waals surface area contributed by atoms with Gasteiger partial charge in [-0.1, -0.05) is 135 Å². The van der Waals surface area contributed by atoms with Crippen molar-refractivity contribution in [1.82, 2.24) is 9.97 Å². The molecule has 255 valence electrons. The van der Waals surface area contributed by atoms with Crippen LogP contribution in [0.25, 0.3) is 66.7 Å². The molecule has 0 aliphatic heterocycles. The van der Waals surface area contributed by atoms with Gasteiger partial charge < -0.3 is 14.4 Å². The first-order valence-corrected chi connectivity index (χ1v) is 14.9. The van der Waals surface area contributed by atoms with E-state index in [0.29, 0.717) is 5.69 Å². The van der Waals surface area contributed by atoms with Crippen molar-refractivity contribution in [2.45, 2.75) is 40.8 Å². The van der Waals surface area contributed by atoms with Crippen molar-refractivity contribution in [3.05, 3.63) is 168 Å². The van der Waals surface area contributed by atoms with Crippen LogP contribution in [-0.4, -0.2) is 9.97 Å². The predicted molar refractivity (Wildman–Crippen MR) is 208 cm³/mol. The van der Waals surface area contributed by atoms with E-state index in [2.05, 4.69) is 22.1 Å². The number of aryl methyl sites for hydroxylation is 2. The van der Waals surface area contributed by atoms with Gasteiger partial charge in [-0.25, -0.2) is 0 Å². The van der Waals surface area contributed by atoms with E-state index in [9.17, 15) is 0 Å². The molecular formula is C47H40IrN2O-2. The van der Waals surface area contributed by atoms with E-state index in [1.165, 1.54) is 30.5 Å². The minimum atomic E-state index is -2.63. The number of pyridine rings is 2. The quantitative estimate of drug-likeness (QED) is 0.162. The molecule has 0 fully saturated rings.